The van der Waals surface area contributed by atoms with E-state index in [4.69, 9.17) is 0 Å². The van der Waals surface area contributed by atoms with E-state index in [1.54, 1.807) is 22.3 Å². The van der Waals surface area contributed by atoms with Gasteiger partial charge in [-0.3, -0.25) is 0 Å². The van der Waals surface area contributed by atoms with Crippen LogP contribution < -0.4 is 4.90 Å². The molecule has 4 aromatic carbocycles. The van der Waals surface area contributed by atoms with Crippen LogP contribution in [0.15, 0.2) is 88.7 Å². The highest BCUT2D eigenvalue weighted by Gasteiger charge is 2.84. The van der Waals surface area contributed by atoms with Crippen molar-refractivity contribution in [3.05, 3.63) is 112 Å². The van der Waals surface area contributed by atoms with Gasteiger partial charge in [-0.25, -0.2) is 0 Å². The van der Waals surface area contributed by atoms with E-state index in [9.17, 15) is 0 Å². The summed E-state index contributed by atoms with van der Waals surface area (Å²) in [6.45, 7) is 19.9. The summed E-state index contributed by atoms with van der Waals surface area (Å²) < 4.78 is 0. The summed E-state index contributed by atoms with van der Waals surface area (Å²) in [4.78, 5) is 5.78. The van der Waals surface area contributed by atoms with Crippen LogP contribution in [0.4, 0.5) is 17.1 Å². The first-order chi connectivity index (χ1) is 24.7. The normalized spacial score (nSPS) is 33.8. The molecule has 7 aliphatic rings. The summed E-state index contributed by atoms with van der Waals surface area (Å²) >= 11 is 2.07. The molecular weight excluding hydrogens is 647 g/mol. The molecule has 0 amide bonds. The van der Waals surface area contributed by atoms with E-state index >= 15 is 0 Å². The van der Waals surface area contributed by atoms with Crippen LogP contribution in [0.3, 0.4) is 0 Å². The smallest absolute Gasteiger partial charge is 0.0604 e. The van der Waals surface area contributed by atoms with Crippen molar-refractivity contribution in [1.29, 1.82) is 0 Å². The van der Waals surface area contributed by atoms with Gasteiger partial charge in [0, 0.05) is 20.9 Å². The maximum absolute atomic E-state index is 2.76. The summed E-state index contributed by atoms with van der Waals surface area (Å²) in [6, 6.07) is 32.1. The zero-order valence-corrected chi connectivity index (χ0v) is 33.6. The first-order valence-corrected chi connectivity index (χ1v) is 21.5. The van der Waals surface area contributed by atoms with Gasteiger partial charge in [-0.1, -0.05) is 116 Å². The number of nitrogens with zero attached hydrogens (tertiary/aromatic N) is 1. The number of rotatable bonds is 3. The lowest BCUT2D eigenvalue weighted by Gasteiger charge is -2.78. The number of hydrogen-bond acceptors (Lipinski definition) is 2. The van der Waals surface area contributed by atoms with Crippen molar-refractivity contribution in [1.82, 2.24) is 0 Å². The summed E-state index contributed by atoms with van der Waals surface area (Å²) in [5.74, 6) is 3.53. The Bertz CT molecular complexity index is 2200. The van der Waals surface area contributed by atoms with Crippen LogP contribution in [0.5, 0.6) is 0 Å². The monoisotopic (exact) mass is 703 g/mol. The fourth-order valence-electron chi connectivity index (χ4n) is 14.3. The Labute approximate surface area is 317 Å². The summed E-state index contributed by atoms with van der Waals surface area (Å²) in [6.07, 6.45) is 10.8. The fraction of sp³-hybridized carbons (Fsp3) is 0.520. The van der Waals surface area contributed by atoms with Crippen molar-refractivity contribution < 1.29 is 0 Å². The number of benzene rings is 4. The van der Waals surface area contributed by atoms with Crippen LogP contribution in [0, 0.1) is 29.1 Å². The summed E-state index contributed by atoms with van der Waals surface area (Å²) in [5.41, 5.74) is 14.9. The van der Waals surface area contributed by atoms with Crippen molar-refractivity contribution in [2.45, 2.75) is 144 Å². The minimum atomic E-state index is 0.0787. The van der Waals surface area contributed by atoms with Gasteiger partial charge in [0.1, 0.15) is 0 Å². The molecule has 0 saturated heterocycles. The third-order valence-electron chi connectivity index (χ3n) is 16.9. The second kappa shape index (κ2) is 10.0. The number of fused-ring (bicyclic) bond motifs is 9. The molecule has 1 heterocycles. The van der Waals surface area contributed by atoms with Crippen LogP contribution in [0.1, 0.15) is 140 Å². The van der Waals surface area contributed by atoms with Gasteiger partial charge in [-0.05, 0) is 166 Å². The molecule has 0 aromatic heterocycles. The predicted octanol–water partition coefficient (Wildman–Crippen LogP) is 13.7. The highest BCUT2D eigenvalue weighted by atomic mass is 32.2. The predicted molar refractivity (Wildman–Crippen MR) is 218 cm³/mol. The molecular formula is C50H57NS. The zero-order valence-electron chi connectivity index (χ0n) is 32.8. The van der Waals surface area contributed by atoms with Gasteiger partial charge in [0.2, 0.25) is 0 Å². The van der Waals surface area contributed by atoms with Crippen LogP contribution >= 0.6 is 11.8 Å². The zero-order chi connectivity index (χ0) is 35.8. The average Bonchev–Trinajstić information content (AvgIpc) is 3.64. The van der Waals surface area contributed by atoms with E-state index < -0.39 is 0 Å². The maximum atomic E-state index is 2.76. The quantitative estimate of drug-likeness (QED) is 0.209. The van der Waals surface area contributed by atoms with Gasteiger partial charge in [0.05, 0.1) is 11.4 Å². The van der Waals surface area contributed by atoms with Crippen molar-refractivity contribution in [2.75, 3.05) is 4.90 Å². The SMILES string of the molecule is CC1(C)CCC(C)(C)c2cc(N(c3cccc4c3Sc3ccccc3C43C4CC5CC6CC3C64C5)c3cccc4c3C(C)(C)CCC4(C)C)ccc21. The molecule has 4 fully saturated rings. The summed E-state index contributed by atoms with van der Waals surface area (Å²) in [7, 11) is 0. The first kappa shape index (κ1) is 32.5. The Balaban J connectivity index is 1.19. The Morgan fingerprint density at radius 1 is 0.558 bits per heavy atom. The lowest BCUT2D eigenvalue weighted by molar-refractivity contribution is -0.235. The Kier molecular flexibility index (Phi) is 6.25. The third kappa shape index (κ3) is 3.80. The van der Waals surface area contributed by atoms with E-state index in [1.165, 1.54) is 89.3 Å². The standard InChI is InChI=1S/C50H57NS/c1-45(2)21-22-47(5,6)37-28-32(19-20-33(37)45)51(38-16-11-14-35-43(38)48(7,8)24-23-46(35,3)4)39-17-12-15-36-44(39)52-40-18-10-9-13-34(40)50(36)41-26-30-25-31-27-42(50)49(31,41)29-30/h9-20,28,30-31,41-42H,21-27,29H2,1-8H3. The highest BCUT2D eigenvalue weighted by Crippen LogP contribution is 2.89. The molecule has 1 nitrogen and oxygen atoms in total. The van der Waals surface area contributed by atoms with Crippen molar-refractivity contribution in [3.63, 3.8) is 0 Å². The molecule has 6 aliphatic carbocycles. The second-order valence-corrected chi connectivity index (χ2v) is 22.2. The molecule has 4 aromatic rings. The van der Waals surface area contributed by atoms with Crippen LogP contribution in [0.2, 0.25) is 0 Å². The van der Waals surface area contributed by atoms with E-state index in [2.05, 4.69) is 151 Å². The van der Waals surface area contributed by atoms with Crippen LogP contribution in [-0.4, -0.2) is 0 Å². The molecule has 52 heavy (non-hydrogen) atoms. The molecule has 6 atom stereocenters. The molecule has 2 spiro atoms. The Morgan fingerprint density at radius 2 is 1.19 bits per heavy atom. The largest absolute Gasteiger partial charge is 0.309 e. The molecule has 6 unspecified atom stereocenters. The molecule has 1 aliphatic heterocycles. The Hall–Kier alpha value is -2.97. The third-order valence-corrected chi connectivity index (χ3v) is 18.1. The molecule has 2 heteroatoms. The first-order valence-electron chi connectivity index (χ1n) is 20.7. The molecule has 4 saturated carbocycles. The topological polar surface area (TPSA) is 3.24 Å². The van der Waals surface area contributed by atoms with E-state index in [0.717, 1.165) is 23.7 Å². The van der Waals surface area contributed by atoms with Gasteiger partial charge in [0.15, 0.2) is 0 Å². The minimum Gasteiger partial charge on any atom is -0.309 e. The molecule has 11 rings (SSSR count). The van der Waals surface area contributed by atoms with Gasteiger partial charge >= 0.3 is 0 Å². The van der Waals surface area contributed by atoms with E-state index in [0.29, 0.717) is 5.41 Å². The van der Waals surface area contributed by atoms with Gasteiger partial charge in [-0.15, -0.1) is 0 Å². The van der Waals surface area contributed by atoms with E-state index in [-0.39, 0.29) is 27.1 Å². The van der Waals surface area contributed by atoms with Gasteiger partial charge < -0.3 is 4.90 Å². The Morgan fingerprint density at radius 3 is 1.96 bits per heavy atom. The van der Waals surface area contributed by atoms with Crippen LogP contribution in [0.25, 0.3) is 0 Å². The maximum Gasteiger partial charge on any atom is 0.0604 e. The molecule has 0 N–H and O–H groups in total. The second-order valence-electron chi connectivity index (χ2n) is 21.1. The minimum absolute atomic E-state index is 0.0787. The average molecular weight is 704 g/mol. The lowest BCUT2D eigenvalue weighted by atomic mass is 9.26. The lowest BCUT2D eigenvalue weighted by Crippen LogP contribution is -2.74. The van der Waals surface area contributed by atoms with E-state index in [1.807, 2.05) is 0 Å². The van der Waals surface area contributed by atoms with Crippen molar-refractivity contribution in [3.8, 4) is 0 Å². The van der Waals surface area contributed by atoms with Gasteiger partial charge in [0.25, 0.3) is 0 Å². The molecule has 0 radical (unpaired) electrons. The number of anilines is 3. The van der Waals surface area contributed by atoms with Gasteiger partial charge in [-0.2, -0.15) is 0 Å². The van der Waals surface area contributed by atoms with Crippen molar-refractivity contribution in [2.24, 2.45) is 29.1 Å². The van der Waals surface area contributed by atoms with Crippen molar-refractivity contribution >= 4 is 28.8 Å². The highest BCUT2D eigenvalue weighted by molar-refractivity contribution is 7.99. The molecule has 2 bridgehead atoms. The van der Waals surface area contributed by atoms with Crippen LogP contribution in [-0.2, 0) is 27.1 Å². The fourth-order valence-corrected chi connectivity index (χ4v) is 15.6. The number of hydrogen-bond donors (Lipinski definition) is 0. The molecule has 268 valence electrons. The summed E-state index contributed by atoms with van der Waals surface area (Å²) in [5, 5.41) is 0.